The molecule has 0 fully saturated rings. The molecule has 0 saturated carbocycles. The zero-order chi connectivity index (χ0) is 20.0. The third-order valence-electron chi connectivity index (χ3n) is 3.55. The summed E-state index contributed by atoms with van der Waals surface area (Å²) in [6.45, 7) is 2.00. The third-order valence-corrected chi connectivity index (χ3v) is 4.04. The molecule has 0 atom stereocenters. The number of esters is 1. The lowest BCUT2D eigenvalue weighted by Gasteiger charge is -2.15. The Morgan fingerprint density at radius 3 is 2.63 bits per heavy atom. The van der Waals surface area contributed by atoms with Crippen molar-refractivity contribution in [3.05, 3.63) is 44.2 Å². The number of H-pyrrole nitrogens is 1. The molecule has 1 heterocycles. The van der Waals surface area contributed by atoms with E-state index >= 15 is 0 Å². The van der Waals surface area contributed by atoms with Crippen molar-refractivity contribution in [1.82, 2.24) is 4.98 Å². The number of aromatic nitrogens is 1. The Bertz CT molecular complexity index is 1020. The minimum Gasteiger partial charge on any atom is -0.492 e. The summed E-state index contributed by atoms with van der Waals surface area (Å²) in [6.07, 6.45) is 0.0249. The van der Waals surface area contributed by atoms with Crippen molar-refractivity contribution in [3.63, 3.8) is 0 Å². The van der Waals surface area contributed by atoms with Crippen molar-refractivity contribution in [1.29, 1.82) is 10.5 Å². The molecule has 0 saturated heterocycles. The Labute approximate surface area is 163 Å². The maximum Gasteiger partial charge on any atom is 0.309 e. The molecule has 27 heavy (non-hydrogen) atoms. The molecule has 2 rings (SSSR count). The molecule has 0 unspecified atom stereocenters. The average Bonchev–Trinajstić information content (AvgIpc) is 2.62. The fourth-order valence-electron chi connectivity index (χ4n) is 2.41. The monoisotopic (exact) mass is 430 g/mol. The molecule has 0 aliphatic carbocycles. The largest absolute Gasteiger partial charge is 0.492 e. The third kappa shape index (κ3) is 4.46. The Balaban J connectivity index is 2.55. The van der Waals surface area contributed by atoms with Crippen molar-refractivity contribution >= 4 is 27.7 Å². The summed E-state index contributed by atoms with van der Waals surface area (Å²) >= 11 is 3.32. The highest BCUT2D eigenvalue weighted by Crippen LogP contribution is 2.37. The number of benzene rings is 1. The summed E-state index contributed by atoms with van der Waals surface area (Å²) in [7, 11) is 0. The average molecular weight is 431 g/mol. The van der Waals surface area contributed by atoms with E-state index in [1.165, 1.54) is 0 Å². The van der Waals surface area contributed by atoms with Gasteiger partial charge < -0.3 is 20.2 Å². The van der Waals surface area contributed by atoms with Gasteiger partial charge in [-0.3, -0.25) is 9.59 Å². The van der Waals surface area contributed by atoms with Gasteiger partial charge in [-0.2, -0.15) is 10.5 Å². The number of hydrogen-bond donors (Lipinski definition) is 2. The van der Waals surface area contributed by atoms with Crippen LogP contribution in [0.15, 0.2) is 27.5 Å². The number of aromatic amines is 1. The van der Waals surface area contributed by atoms with Gasteiger partial charge in [0.1, 0.15) is 34.8 Å². The van der Waals surface area contributed by atoms with E-state index in [0.29, 0.717) is 15.8 Å². The Hall–Kier alpha value is -3.30. The molecule has 0 radical (unpaired) electrons. The van der Waals surface area contributed by atoms with E-state index in [4.69, 9.17) is 15.2 Å². The smallest absolute Gasteiger partial charge is 0.309 e. The Morgan fingerprint density at radius 2 is 2.00 bits per heavy atom. The van der Waals surface area contributed by atoms with Crippen molar-refractivity contribution in [3.8, 4) is 29.0 Å². The van der Waals surface area contributed by atoms with Crippen molar-refractivity contribution < 1.29 is 14.3 Å². The van der Waals surface area contributed by atoms with Gasteiger partial charge in [-0.15, -0.1) is 0 Å². The van der Waals surface area contributed by atoms with Crippen molar-refractivity contribution in [2.75, 3.05) is 18.9 Å². The number of anilines is 1. The second kappa shape index (κ2) is 8.88. The summed E-state index contributed by atoms with van der Waals surface area (Å²) in [5, 5.41) is 18.9. The zero-order valence-corrected chi connectivity index (χ0v) is 15.9. The lowest BCUT2D eigenvalue weighted by molar-refractivity contribution is -0.143. The van der Waals surface area contributed by atoms with Crippen LogP contribution in [0.4, 0.5) is 5.82 Å². The number of hydrogen-bond acceptors (Lipinski definition) is 7. The number of pyridine rings is 1. The summed E-state index contributed by atoms with van der Waals surface area (Å²) in [4.78, 5) is 25.9. The molecule has 9 heteroatoms. The van der Waals surface area contributed by atoms with Gasteiger partial charge in [0.2, 0.25) is 0 Å². The van der Waals surface area contributed by atoms with E-state index < -0.39 is 11.5 Å². The van der Waals surface area contributed by atoms with E-state index in [2.05, 4.69) is 20.9 Å². The molecule has 0 amide bonds. The van der Waals surface area contributed by atoms with Gasteiger partial charge in [0.25, 0.3) is 5.56 Å². The van der Waals surface area contributed by atoms with Crippen LogP contribution in [0.1, 0.15) is 24.5 Å². The number of ether oxygens (including phenoxy) is 2. The number of halogens is 1. The number of nitrogens with two attached hydrogens (primary N) is 1. The summed E-state index contributed by atoms with van der Waals surface area (Å²) in [5.74, 6) is -0.263. The van der Waals surface area contributed by atoms with Crippen LogP contribution in [0.5, 0.6) is 5.75 Å². The van der Waals surface area contributed by atoms with E-state index in [1.54, 1.807) is 31.2 Å². The van der Waals surface area contributed by atoms with Crippen LogP contribution in [0.3, 0.4) is 0 Å². The minimum absolute atomic E-state index is 0.0237. The van der Waals surface area contributed by atoms with Crippen molar-refractivity contribution in [2.45, 2.75) is 13.3 Å². The standard InChI is InChI=1S/C18H15BrN4O4/c1-2-26-15(24)5-6-27-14-4-3-10(19)7-11(14)16-12(8-20)17(22)23-18(25)13(16)9-21/h3-4,7H,2,5-6H2,1H3,(H3,22,23,25). The molecule has 0 spiro atoms. The lowest BCUT2D eigenvalue weighted by atomic mass is 9.96. The van der Waals surface area contributed by atoms with Crippen LogP contribution in [-0.4, -0.2) is 24.2 Å². The predicted octanol–water partition coefficient (Wildman–Crippen LogP) is 2.46. The SMILES string of the molecule is CCOC(=O)CCOc1ccc(Br)cc1-c1c(C#N)c(N)[nH]c(=O)c1C#N. The number of rotatable bonds is 6. The molecule has 1 aromatic heterocycles. The first-order valence-corrected chi connectivity index (χ1v) is 8.66. The first-order valence-electron chi connectivity index (χ1n) is 7.87. The van der Waals surface area contributed by atoms with Crippen LogP contribution in [0.2, 0.25) is 0 Å². The second-order valence-electron chi connectivity index (χ2n) is 5.26. The van der Waals surface area contributed by atoms with E-state index in [-0.39, 0.29) is 42.1 Å². The van der Waals surface area contributed by atoms with Gasteiger partial charge >= 0.3 is 5.97 Å². The highest BCUT2D eigenvalue weighted by molar-refractivity contribution is 9.10. The number of carbonyl (C=O) groups is 1. The normalized spacial score (nSPS) is 9.93. The Kier molecular flexibility index (Phi) is 6.58. The fraction of sp³-hybridized carbons (Fsp3) is 0.222. The fourth-order valence-corrected chi connectivity index (χ4v) is 2.77. The van der Waals surface area contributed by atoms with Gasteiger partial charge in [0.05, 0.1) is 19.6 Å². The molecule has 0 aliphatic rings. The van der Waals surface area contributed by atoms with E-state index in [0.717, 1.165) is 0 Å². The summed E-state index contributed by atoms with van der Waals surface area (Å²) < 4.78 is 11.1. The van der Waals surface area contributed by atoms with E-state index in [9.17, 15) is 20.1 Å². The number of carbonyl (C=O) groups excluding carboxylic acids is 1. The highest BCUT2D eigenvalue weighted by atomic mass is 79.9. The molecular formula is C18H15BrN4O4. The number of nitriles is 2. The second-order valence-corrected chi connectivity index (χ2v) is 6.18. The molecule has 2 aromatic rings. The predicted molar refractivity (Wildman–Crippen MR) is 101 cm³/mol. The summed E-state index contributed by atoms with van der Waals surface area (Å²) in [5.41, 5.74) is 5.16. The molecular weight excluding hydrogens is 416 g/mol. The van der Waals surface area contributed by atoms with Gasteiger partial charge in [-0.1, -0.05) is 15.9 Å². The molecule has 3 N–H and O–H groups in total. The Morgan fingerprint density at radius 1 is 1.30 bits per heavy atom. The highest BCUT2D eigenvalue weighted by Gasteiger charge is 2.21. The number of nitrogen functional groups attached to an aromatic ring is 1. The van der Waals surface area contributed by atoms with Gasteiger partial charge in [0.15, 0.2) is 0 Å². The summed E-state index contributed by atoms with van der Waals surface area (Å²) in [6, 6.07) is 8.62. The van der Waals surface area contributed by atoms with Gasteiger partial charge in [-0.05, 0) is 25.1 Å². The van der Waals surface area contributed by atoms with Crippen LogP contribution >= 0.6 is 15.9 Å². The molecule has 138 valence electrons. The quantitative estimate of drug-likeness (QED) is 0.669. The molecule has 8 nitrogen and oxygen atoms in total. The molecule has 1 aromatic carbocycles. The minimum atomic E-state index is -0.707. The number of nitrogens with zero attached hydrogens (tertiary/aromatic N) is 2. The lowest BCUT2D eigenvalue weighted by Crippen LogP contribution is -2.16. The molecule has 0 bridgehead atoms. The van der Waals surface area contributed by atoms with Crippen LogP contribution in [0.25, 0.3) is 11.1 Å². The first-order chi connectivity index (χ1) is 12.9. The van der Waals surface area contributed by atoms with Crippen LogP contribution in [-0.2, 0) is 9.53 Å². The van der Waals surface area contributed by atoms with Crippen LogP contribution in [0, 0.1) is 22.7 Å². The maximum atomic E-state index is 12.1. The van der Waals surface area contributed by atoms with Crippen molar-refractivity contribution in [2.24, 2.45) is 0 Å². The number of nitrogens with one attached hydrogen (secondary N) is 1. The van der Waals surface area contributed by atoms with Gasteiger partial charge in [0, 0.05) is 15.6 Å². The zero-order valence-electron chi connectivity index (χ0n) is 14.3. The van der Waals surface area contributed by atoms with E-state index in [1.807, 2.05) is 6.07 Å². The topological polar surface area (TPSA) is 142 Å². The molecule has 0 aliphatic heterocycles. The van der Waals surface area contributed by atoms with Crippen LogP contribution < -0.4 is 16.0 Å². The maximum absolute atomic E-state index is 12.1. The van der Waals surface area contributed by atoms with Gasteiger partial charge in [-0.25, -0.2) is 0 Å². The first kappa shape index (κ1) is 20.0.